The van der Waals surface area contributed by atoms with Crippen LogP contribution in [0.25, 0.3) is 11.2 Å². The van der Waals surface area contributed by atoms with Crippen LogP contribution in [0.4, 0.5) is 27.8 Å². The number of aryl methyl sites for hydroxylation is 1. The Morgan fingerprint density at radius 1 is 1.10 bits per heavy atom. The predicted molar refractivity (Wildman–Crippen MR) is 103 cm³/mol. The molecule has 6 nitrogen and oxygen atoms in total. The van der Waals surface area contributed by atoms with Crippen LogP contribution in [-0.4, -0.2) is 26.4 Å². The fraction of sp³-hybridized carbons (Fsp3) is 0.400. The molecule has 2 N–H and O–H groups in total. The van der Waals surface area contributed by atoms with E-state index in [1.165, 1.54) is 19.1 Å². The van der Waals surface area contributed by atoms with Gasteiger partial charge in [0.1, 0.15) is 22.9 Å². The summed E-state index contributed by atoms with van der Waals surface area (Å²) in [5.74, 6) is -0.743. The second kappa shape index (κ2) is 7.54. The Morgan fingerprint density at radius 3 is 2.39 bits per heavy atom. The number of anilines is 1. The summed E-state index contributed by atoms with van der Waals surface area (Å²) in [6.45, 7) is 3.08. The number of H-pyrrole nitrogens is 1. The lowest BCUT2D eigenvalue weighted by Gasteiger charge is -2.19. The molecule has 0 bridgehead atoms. The number of aromatic nitrogens is 4. The molecule has 1 saturated carbocycles. The topological polar surface area (TPSA) is 83.6 Å². The maximum Gasteiger partial charge on any atom is 0.272 e. The fourth-order valence-corrected chi connectivity index (χ4v) is 3.57. The second-order valence-electron chi connectivity index (χ2n) is 7.61. The zero-order chi connectivity index (χ0) is 22.5. The standard InChI is InChI=1S/C20H18F5N5O/c1-8(10-4-3-5-11(12(10)21)15(22)23)26-16-13-17(28-9(2)27-16)30-18(31)14(29-13)20(6-7-20)19(24)25/h3-5,8,15,19H,6-7H2,1-2H3,(H2,26,27,28,30,31)/t8-/m1/s1. The van der Waals surface area contributed by atoms with E-state index in [-0.39, 0.29) is 46.9 Å². The van der Waals surface area contributed by atoms with Gasteiger partial charge in [-0.2, -0.15) is 0 Å². The van der Waals surface area contributed by atoms with Crippen molar-refractivity contribution in [1.29, 1.82) is 0 Å². The first kappa shape index (κ1) is 21.1. The molecule has 1 fully saturated rings. The van der Waals surface area contributed by atoms with Crippen molar-refractivity contribution in [3.05, 3.63) is 57.0 Å². The van der Waals surface area contributed by atoms with Crippen LogP contribution in [0, 0.1) is 12.7 Å². The minimum atomic E-state index is -2.98. The van der Waals surface area contributed by atoms with Gasteiger partial charge >= 0.3 is 0 Å². The number of halogens is 5. The summed E-state index contributed by atoms with van der Waals surface area (Å²) >= 11 is 0. The Bertz CT molecular complexity index is 1210. The third-order valence-electron chi connectivity index (χ3n) is 5.46. The van der Waals surface area contributed by atoms with Gasteiger partial charge in [-0.1, -0.05) is 18.2 Å². The zero-order valence-electron chi connectivity index (χ0n) is 16.5. The van der Waals surface area contributed by atoms with Gasteiger partial charge in [-0.3, -0.25) is 4.79 Å². The molecule has 1 aliphatic rings. The normalized spacial score (nSPS) is 16.2. The van der Waals surface area contributed by atoms with Gasteiger partial charge in [0.05, 0.1) is 17.0 Å². The van der Waals surface area contributed by atoms with Crippen molar-refractivity contribution in [2.24, 2.45) is 0 Å². The number of fused-ring (bicyclic) bond motifs is 1. The third-order valence-corrected chi connectivity index (χ3v) is 5.46. The average molecular weight is 439 g/mol. The molecule has 164 valence electrons. The molecule has 0 spiro atoms. The summed E-state index contributed by atoms with van der Waals surface area (Å²) in [4.78, 5) is 27.3. The van der Waals surface area contributed by atoms with Crippen molar-refractivity contribution in [2.75, 3.05) is 5.32 Å². The lowest BCUT2D eigenvalue weighted by molar-refractivity contribution is 0.0992. The molecule has 4 rings (SSSR count). The molecule has 31 heavy (non-hydrogen) atoms. The molecule has 0 amide bonds. The molecule has 3 aromatic rings. The Hall–Kier alpha value is -3.11. The molecule has 1 atom stereocenters. The highest BCUT2D eigenvalue weighted by Crippen LogP contribution is 2.51. The maximum atomic E-state index is 14.5. The van der Waals surface area contributed by atoms with Crippen molar-refractivity contribution in [1.82, 2.24) is 19.9 Å². The molecular formula is C20H18F5N5O. The minimum Gasteiger partial charge on any atom is -0.361 e. The quantitative estimate of drug-likeness (QED) is 0.550. The van der Waals surface area contributed by atoms with Crippen molar-refractivity contribution in [3.63, 3.8) is 0 Å². The van der Waals surface area contributed by atoms with Crippen molar-refractivity contribution < 1.29 is 22.0 Å². The highest BCUT2D eigenvalue weighted by molar-refractivity contribution is 5.82. The van der Waals surface area contributed by atoms with Crippen LogP contribution in [-0.2, 0) is 5.41 Å². The largest absolute Gasteiger partial charge is 0.361 e. The number of nitrogens with one attached hydrogen (secondary N) is 2. The first-order valence-corrected chi connectivity index (χ1v) is 9.54. The summed E-state index contributed by atoms with van der Waals surface area (Å²) in [5, 5.41) is 2.89. The first-order valence-electron chi connectivity index (χ1n) is 9.54. The van der Waals surface area contributed by atoms with Crippen molar-refractivity contribution >= 4 is 17.0 Å². The van der Waals surface area contributed by atoms with Gasteiger partial charge in [0.25, 0.3) is 12.0 Å². The second-order valence-corrected chi connectivity index (χ2v) is 7.61. The van der Waals surface area contributed by atoms with Gasteiger partial charge < -0.3 is 10.3 Å². The van der Waals surface area contributed by atoms with Crippen LogP contribution in [0.5, 0.6) is 0 Å². The van der Waals surface area contributed by atoms with Crippen LogP contribution < -0.4 is 10.9 Å². The lowest BCUT2D eigenvalue weighted by atomic mass is 10.0. The summed E-state index contributed by atoms with van der Waals surface area (Å²) in [5.41, 5.74) is -3.35. The monoisotopic (exact) mass is 439 g/mol. The molecule has 0 aliphatic heterocycles. The Morgan fingerprint density at radius 2 is 1.77 bits per heavy atom. The summed E-state index contributed by atoms with van der Waals surface area (Å²) in [6, 6.07) is 2.84. The van der Waals surface area contributed by atoms with Gasteiger partial charge in [-0.25, -0.2) is 36.9 Å². The molecule has 2 heterocycles. The lowest BCUT2D eigenvalue weighted by Crippen LogP contribution is -2.29. The van der Waals surface area contributed by atoms with E-state index in [0.29, 0.717) is 0 Å². The van der Waals surface area contributed by atoms with Gasteiger partial charge in [0, 0.05) is 5.56 Å². The number of rotatable bonds is 6. The van der Waals surface area contributed by atoms with Crippen LogP contribution in [0.3, 0.4) is 0 Å². The molecule has 11 heteroatoms. The number of hydrogen-bond acceptors (Lipinski definition) is 5. The SMILES string of the molecule is Cc1nc(N[C@H](C)c2cccc(C(F)F)c2F)c2nc(C3(C(F)F)CC3)c(=O)[nH]c2n1. The van der Waals surface area contributed by atoms with Crippen LogP contribution >= 0.6 is 0 Å². The number of alkyl halides is 4. The van der Waals surface area contributed by atoms with Crippen LogP contribution in [0.1, 0.15) is 54.9 Å². The van der Waals surface area contributed by atoms with Gasteiger partial charge in [0.2, 0.25) is 6.43 Å². The first-order chi connectivity index (χ1) is 14.6. The number of nitrogens with zero attached hydrogens (tertiary/aromatic N) is 3. The number of hydrogen-bond donors (Lipinski definition) is 2. The van der Waals surface area contributed by atoms with Crippen molar-refractivity contribution in [2.45, 2.75) is 51.0 Å². The molecule has 1 aliphatic carbocycles. The smallest absolute Gasteiger partial charge is 0.272 e. The summed E-state index contributed by atoms with van der Waals surface area (Å²) in [7, 11) is 0. The fourth-order valence-electron chi connectivity index (χ4n) is 3.57. The molecular weight excluding hydrogens is 421 g/mol. The van der Waals surface area contributed by atoms with Gasteiger partial charge in [0.15, 0.2) is 11.5 Å². The highest BCUT2D eigenvalue weighted by Gasteiger charge is 2.55. The summed E-state index contributed by atoms with van der Waals surface area (Å²) in [6.07, 6.45) is -5.48. The molecule has 1 aromatic carbocycles. The highest BCUT2D eigenvalue weighted by atomic mass is 19.3. The van der Waals surface area contributed by atoms with E-state index in [0.717, 1.165) is 6.07 Å². The molecule has 0 unspecified atom stereocenters. The van der Waals surface area contributed by atoms with Gasteiger partial charge in [-0.15, -0.1) is 0 Å². The van der Waals surface area contributed by atoms with E-state index < -0.39 is 41.2 Å². The third kappa shape index (κ3) is 3.61. The molecule has 2 aromatic heterocycles. The van der Waals surface area contributed by atoms with E-state index in [4.69, 9.17) is 0 Å². The average Bonchev–Trinajstić information content (AvgIpc) is 3.49. The van der Waals surface area contributed by atoms with E-state index in [1.54, 1.807) is 6.92 Å². The van der Waals surface area contributed by atoms with Gasteiger partial charge in [-0.05, 0) is 26.7 Å². The maximum absolute atomic E-state index is 14.5. The van der Waals surface area contributed by atoms with E-state index >= 15 is 0 Å². The van der Waals surface area contributed by atoms with Crippen LogP contribution in [0.2, 0.25) is 0 Å². The number of benzene rings is 1. The van der Waals surface area contributed by atoms with Crippen molar-refractivity contribution in [3.8, 4) is 0 Å². The zero-order valence-corrected chi connectivity index (χ0v) is 16.5. The van der Waals surface area contributed by atoms with E-state index in [1.807, 2.05) is 0 Å². The minimum absolute atomic E-state index is 0.0295. The Balaban J connectivity index is 1.79. The van der Waals surface area contributed by atoms with E-state index in [2.05, 4.69) is 25.3 Å². The predicted octanol–water partition coefficient (Wildman–Crippen LogP) is 4.57. The number of aromatic amines is 1. The summed E-state index contributed by atoms with van der Waals surface area (Å²) < 4.78 is 67.7. The Labute approximate surface area is 173 Å². The van der Waals surface area contributed by atoms with E-state index in [9.17, 15) is 26.7 Å². The Kier molecular flexibility index (Phi) is 5.14. The van der Waals surface area contributed by atoms with Crippen LogP contribution in [0.15, 0.2) is 23.0 Å². The molecule has 0 saturated heterocycles. The molecule has 0 radical (unpaired) electrons.